The van der Waals surface area contributed by atoms with Gasteiger partial charge >= 0.3 is 0 Å². The third-order valence-corrected chi connectivity index (χ3v) is 6.29. The highest BCUT2D eigenvalue weighted by Crippen LogP contribution is 2.31. The van der Waals surface area contributed by atoms with Crippen LogP contribution >= 0.6 is 0 Å². The van der Waals surface area contributed by atoms with Gasteiger partial charge in [-0.25, -0.2) is 4.39 Å². The van der Waals surface area contributed by atoms with E-state index in [0.717, 1.165) is 44.1 Å². The van der Waals surface area contributed by atoms with Gasteiger partial charge in [-0.2, -0.15) is 0 Å². The number of nitrogens with one attached hydrogen (secondary N) is 1. The third-order valence-electron chi connectivity index (χ3n) is 6.29. The number of hydrogen-bond donors (Lipinski definition) is 1. The summed E-state index contributed by atoms with van der Waals surface area (Å²) >= 11 is 0. The van der Waals surface area contributed by atoms with Gasteiger partial charge in [-0.05, 0) is 80.8 Å². The minimum atomic E-state index is -0.401. The molecule has 0 spiro atoms. The predicted molar refractivity (Wildman–Crippen MR) is 116 cm³/mol. The number of carbonyl (C=O) groups excluding carboxylic acids is 1. The average Bonchev–Trinajstić information content (AvgIpc) is 2.79. The summed E-state index contributed by atoms with van der Waals surface area (Å²) < 4.78 is 13.6. The van der Waals surface area contributed by atoms with Gasteiger partial charge in [0.25, 0.3) is 5.91 Å². The van der Waals surface area contributed by atoms with Crippen LogP contribution in [0.4, 0.5) is 4.39 Å². The van der Waals surface area contributed by atoms with Gasteiger partial charge in [0, 0.05) is 24.8 Å². The number of rotatable bonds is 6. The highest BCUT2D eigenvalue weighted by Gasteiger charge is 2.31. The van der Waals surface area contributed by atoms with Crippen LogP contribution in [0.5, 0.6) is 0 Å². The second kappa shape index (κ2) is 9.98. The molecule has 1 N–H and O–H groups in total. The number of allylic oxidation sites excluding steroid dienone is 2. The molecule has 0 radical (unpaired) electrons. The minimum Gasteiger partial charge on any atom is -0.343 e. The Morgan fingerprint density at radius 3 is 2.90 bits per heavy atom. The van der Waals surface area contributed by atoms with Gasteiger partial charge < -0.3 is 10.2 Å². The van der Waals surface area contributed by atoms with Crippen LogP contribution in [0.25, 0.3) is 0 Å². The van der Waals surface area contributed by atoms with Crippen molar-refractivity contribution in [2.45, 2.75) is 38.1 Å². The number of piperidine rings is 1. The molecule has 3 atom stereocenters. The zero-order chi connectivity index (χ0) is 20.8. The van der Waals surface area contributed by atoms with Crippen molar-refractivity contribution in [3.05, 3.63) is 77.9 Å². The van der Waals surface area contributed by atoms with E-state index >= 15 is 0 Å². The SMILES string of the molecule is O=C(N[C@H](c1ccccn1)[C@H]1CCCN(C[C@H]2CC=CCC2)C1)c1cccc(F)c1. The molecular formula is C25H30FN3O. The molecule has 158 valence electrons. The lowest BCUT2D eigenvalue weighted by Crippen LogP contribution is -2.44. The number of carbonyl (C=O) groups is 1. The predicted octanol–water partition coefficient (Wildman–Crippen LogP) is 4.76. The highest BCUT2D eigenvalue weighted by atomic mass is 19.1. The van der Waals surface area contributed by atoms with Gasteiger partial charge in [0.2, 0.25) is 0 Å². The quantitative estimate of drug-likeness (QED) is 0.702. The van der Waals surface area contributed by atoms with Gasteiger partial charge in [-0.15, -0.1) is 0 Å². The molecule has 30 heavy (non-hydrogen) atoms. The lowest BCUT2D eigenvalue weighted by molar-refractivity contribution is 0.0863. The number of halogens is 1. The fourth-order valence-electron chi connectivity index (χ4n) is 4.76. The summed E-state index contributed by atoms with van der Waals surface area (Å²) in [5, 5.41) is 3.16. The van der Waals surface area contributed by atoms with Gasteiger partial charge in [-0.3, -0.25) is 9.78 Å². The number of amides is 1. The molecule has 5 heteroatoms. The Morgan fingerprint density at radius 1 is 1.20 bits per heavy atom. The number of pyridine rings is 1. The fraction of sp³-hybridized carbons (Fsp3) is 0.440. The third kappa shape index (κ3) is 5.33. The van der Waals surface area contributed by atoms with Crippen LogP contribution in [0.15, 0.2) is 60.8 Å². The van der Waals surface area contributed by atoms with Crippen molar-refractivity contribution < 1.29 is 9.18 Å². The number of likely N-dealkylation sites (tertiary alicyclic amines) is 1. The van der Waals surface area contributed by atoms with Crippen LogP contribution in [0.1, 0.15) is 54.2 Å². The maximum Gasteiger partial charge on any atom is 0.251 e. The van der Waals surface area contributed by atoms with Crippen LogP contribution in [-0.4, -0.2) is 35.4 Å². The van der Waals surface area contributed by atoms with Crippen molar-refractivity contribution in [1.29, 1.82) is 0 Å². The molecule has 1 aromatic carbocycles. The summed E-state index contributed by atoms with van der Waals surface area (Å²) in [5.41, 5.74) is 1.22. The molecule has 1 aromatic heterocycles. The lowest BCUT2D eigenvalue weighted by atomic mass is 9.86. The number of nitrogens with zero attached hydrogens (tertiary/aromatic N) is 2. The van der Waals surface area contributed by atoms with E-state index in [1.54, 1.807) is 18.3 Å². The number of benzene rings is 1. The topological polar surface area (TPSA) is 45.2 Å². The second-order valence-corrected chi connectivity index (χ2v) is 8.53. The normalized spacial score (nSPS) is 23.1. The maximum atomic E-state index is 13.6. The van der Waals surface area contributed by atoms with E-state index in [4.69, 9.17) is 0 Å². The molecule has 0 bridgehead atoms. The second-order valence-electron chi connectivity index (χ2n) is 8.53. The Balaban J connectivity index is 1.49. The molecule has 1 aliphatic carbocycles. The smallest absolute Gasteiger partial charge is 0.251 e. The fourth-order valence-corrected chi connectivity index (χ4v) is 4.76. The van der Waals surface area contributed by atoms with Crippen LogP contribution < -0.4 is 5.32 Å². The molecule has 1 fully saturated rings. The Bertz CT molecular complexity index is 870. The van der Waals surface area contributed by atoms with Crippen molar-refractivity contribution in [3.63, 3.8) is 0 Å². The van der Waals surface area contributed by atoms with Gasteiger partial charge in [-0.1, -0.05) is 24.3 Å². The summed E-state index contributed by atoms with van der Waals surface area (Å²) in [4.78, 5) is 20.0. The summed E-state index contributed by atoms with van der Waals surface area (Å²) in [7, 11) is 0. The molecule has 4 rings (SSSR count). The summed E-state index contributed by atoms with van der Waals surface area (Å²) in [5.74, 6) is 0.358. The van der Waals surface area contributed by atoms with Crippen molar-refractivity contribution >= 4 is 5.91 Å². The molecule has 4 nitrogen and oxygen atoms in total. The molecule has 1 amide bonds. The first-order chi connectivity index (χ1) is 14.7. The molecule has 0 saturated carbocycles. The van der Waals surface area contributed by atoms with Gasteiger partial charge in [0.15, 0.2) is 0 Å². The first-order valence-corrected chi connectivity index (χ1v) is 11.0. The molecule has 1 saturated heterocycles. The van der Waals surface area contributed by atoms with E-state index in [0.29, 0.717) is 5.56 Å². The first-order valence-electron chi connectivity index (χ1n) is 11.0. The molecule has 2 aliphatic rings. The number of aromatic nitrogens is 1. The van der Waals surface area contributed by atoms with Crippen LogP contribution in [0, 0.1) is 17.7 Å². The van der Waals surface area contributed by atoms with E-state index in [-0.39, 0.29) is 17.9 Å². The van der Waals surface area contributed by atoms with Crippen LogP contribution in [0.2, 0.25) is 0 Å². The molecule has 1 aliphatic heterocycles. The average molecular weight is 408 g/mol. The zero-order valence-electron chi connectivity index (χ0n) is 17.3. The monoisotopic (exact) mass is 407 g/mol. The molecular weight excluding hydrogens is 377 g/mol. The highest BCUT2D eigenvalue weighted by molar-refractivity contribution is 5.94. The molecule has 2 aromatic rings. The Kier molecular flexibility index (Phi) is 6.90. The number of hydrogen-bond acceptors (Lipinski definition) is 3. The van der Waals surface area contributed by atoms with Crippen LogP contribution in [-0.2, 0) is 0 Å². The summed E-state index contributed by atoms with van der Waals surface area (Å²) in [6, 6.07) is 11.5. The van der Waals surface area contributed by atoms with Gasteiger partial charge in [0.05, 0.1) is 11.7 Å². The summed E-state index contributed by atoms with van der Waals surface area (Å²) in [6.07, 6.45) is 12.1. The van der Waals surface area contributed by atoms with E-state index in [9.17, 15) is 9.18 Å². The summed E-state index contributed by atoms with van der Waals surface area (Å²) in [6.45, 7) is 3.18. The van der Waals surface area contributed by atoms with Crippen molar-refractivity contribution in [2.24, 2.45) is 11.8 Å². The zero-order valence-corrected chi connectivity index (χ0v) is 17.3. The van der Waals surface area contributed by atoms with Crippen LogP contribution in [0.3, 0.4) is 0 Å². The van der Waals surface area contributed by atoms with Crippen molar-refractivity contribution in [2.75, 3.05) is 19.6 Å². The molecule has 2 heterocycles. The van der Waals surface area contributed by atoms with Crippen molar-refractivity contribution in [1.82, 2.24) is 15.2 Å². The van der Waals surface area contributed by atoms with E-state index in [1.807, 2.05) is 18.2 Å². The van der Waals surface area contributed by atoms with Gasteiger partial charge in [0.1, 0.15) is 5.82 Å². The minimum absolute atomic E-state index is 0.184. The Hall–Kier alpha value is -2.53. The lowest BCUT2D eigenvalue weighted by Gasteiger charge is -2.38. The van der Waals surface area contributed by atoms with E-state index < -0.39 is 5.82 Å². The Morgan fingerprint density at radius 2 is 2.13 bits per heavy atom. The standard InChI is InChI=1S/C25H30FN3O/c26-22-12-6-10-20(16-22)25(30)28-24(23-13-4-5-14-27-23)21-11-7-15-29(18-21)17-19-8-2-1-3-9-19/h1-2,4-6,10,12-14,16,19,21,24H,3,7-9,11,15,17-18H2,(H,28,30)/t19-,21-,24-/m0/s1. The maximum absolute atomic E-state index is 13.6. The van der Waals surface area contributed by atoms with E-state index in [1.165, 1.54) is 31.4 Å². The largest absolute Gasteiger partial charge is 0.343 e. The molecule has 0 unspecified atom stereocenters. The van der Waals surface area contributed by atoms with Crippen molar-refractivity contribution in [3.8, 4) is 0 Å². The first kappa shape index (κ1) is 20.7. The van der Waals surface area contributed by atoms with E-state index in [2.05, 4.69) is 27.4 Å². The Labute approximate surface area is 178 Å².